The van der Waals surface area contributed by atoms with E-state index in [2.05, 4.69) is 10.6 Å². The summed E-state index contributed by atoms with van der Waals surface area (Å²) in [7, 11) is 0. The van der Waals surface area contributed by atoms with Crippen molar-refractivity contribution in [2.24, 2.45) is 0 Å². The number of furan rings is 1. The average Bonchev–Trinajstić information content (AvgIpc) is 2.96. The highest BCUT2D eigenvalue weighted by atomic mass is 16.3. The Morgan fingerprint density at radius 3 is 2.53 bits per heavy atom. The van der Waals surface area contributed by atoms with Crippen molar-refractivity contribution >= 4 is 11.8 Å². The van der Waals surface area contributed by atoms with E-state index in [4.69, 9.17) is 4.42 Å². The number of aliphatic hydroxyl groups excluding tert-OH is 1. The van der Waals surface area contributed by atoms with Gasteiger partial charge in [0.25, 0.3) is 5.91 Å². The second-order valence-corrected chi connectivity index (χ2v) is 4.35. The van der Waals surface area contributed by atoms with E-state index >= 15 is 0 Å². The van der Waals surface area contributed by atoms with Gasteiger partial charge in [-0.1, -0.05) is 13.8 Å². The van der Waals surface area contributed by atoms with Crippen LogP contribution < -0.4 is 10.6 Å². The van der Waals surface area contributed by atoms with Crippen LogP contribution in [0.1, 0.15) is 37.2 Å². The van der Waals surface area contributed by atoms with Crippen molar-refractivity contribution in [2.45, 2.75) is 32.2 Å². The zero-order valence-corrected chi connectivity index (χ0v) is 11.2. The SMILES string of the molecule is CCC(CC)(CO)NC(=O)CNC(=O)c1ccco1. The molecule has 1 aromatic rings. The molecule has 0 aromatic carbocycles. The molecule has 19 heavy (non-hydrogen) atoms. The molecule has 0 aliphatic carbocycles. The van der Waals surface area contributed by atoms with Crippen molar-refractivity contribution in [3.05, 3.63) is 24.2 Å². The lowest BCUT2D eigenvalue weighted by Crippen LogP contribution is -2.53. The maximum atomic E-state index is 11.7. The van der Waals surface area contributed by atoms with Crippen LogP contribution in [0.3, 0.4) is 0 Å². The lowest BCUT2D eigenvalue weighted by atomic mass is 9.94. The Hall–Kier alpha value is -1.82. The lowest BCUT2D eigenvalue weighted by Gasteiger charge is -2.30. The second kappa shape index (κ2) is 6.94. The predicted octanol–water partition coefficient (Wildman–Crippen LogP) is 0.677. The van der Waals surface area contributed by atoms with Gasteiger partial charge in [-0.25, -0.2) is 0 Å². The third-order valence-corrected chi connectivity index (χ3v) is 3.22. The van der Waals surface area contributed by atoms with Crippen LogP contribution in [0, 0.1) is 0 Å². The van der Waals surface area contributed by atoms with Crippen LogP contribution in [0.25, 0.3) is 0 Å². The molecule has 0 atom stereocenters. The van der Waals surface area contributed by atoms with Gasteiger partial charge in [0.1, 0.15) is 0 Å². The molecule has 6 nitrogen and oxygen atoms in total. The Labute approximate surface area is 112 Å². The first-order valence-electron chi connectivity index (χ1n) is 6.30. The normalized spacial score (nSPS) is 11.1. The summed E-state index contributed by atoms with van der Waals surface area (Å²) in [5.41, 5.74) is -0.619. The largest absolute Gasteiger partial charge is 0.459 e. The summed E-state index contributed by atoms with van der Waals surface area (Å²) in [6.07, 6.45) is 2.63. The monoisotopic (exact) mass is 268 g/mol. The lowest BCUT2D eigenvalue weighted by molar-refractivity contribution is -0.122. The minimum atomic E-state index is -0.619. The first kappa shape index (κ1) is 15.2. The quantitative estimate of drug-likeness (QED) is 0.678. The molecular weight excluding hydrogens is 248 g/mol. The fourth-order valence-electron chi connectivity index (χ4n) is 1.69. The number of aliphatic hydroxyl groups is 1. The maximum Gasteiger partial charge on any atom is 0.287 e. The number of carbonyl (C=O) groups excluding carboxylic acids is 2. The molecule has 0 unspecified atom stereocenters. The van der Waals surface area contributed by atoms with Crippen molar-refractivity contribution in [2.75, 3.05) is 13.2 Å². The number of carbonyl (C=O) groups is 2. The summed E-state index contributed by atoms with van der Waals surface area (Å²) in [6.45, 7) is 3.50. The Morgan fingerprint density at radius 2 is 2.05 bits per heavy atom. The fraction of sp³-hybridized carbons (Fsp3) is 0.538. The summed E-state index contributed by atoms with van der Waals surface area (Å²) in [5, 5.41) is 14.5. The van der Waals surface area contributed by atoms with Gasteiger partial charge in [0.2, 0.25) is 5.91 Å². The highest BCUT2D eigenvalue weighted by Crippen LogP contribution is 2.13. The van der Waals surface area contributed by atoms with Crippen LogP contribution in [0.4, 0.5) is 0 Å². The van der Waals surface area contributed by atoms with Crippen LogP contribution in [0.2, 0.25) is 0 Å². The maximum absolute atomic E-state index is 11.7. The molecular formula is C13H20N2O4. The number of amides is 2. The molecule has 2 amide bonds. The molecule has 0 bridgehead atoms. The van der Waals surface area contributed by atoms with E-state index in [0.717, 1.165) is 0 Å². The Bertz CT molecular complexity index is 402. The van der Waals surface area contributed by atoms with Gasteiger partial charge in [-0.3, -0.25) is 9.59 Å². The van der Waals surface area contributed by atoms with E-state index in [1.807, 2.05) is 13.8 Å². The Morgan fingerprint density at radius 1 is 1.37 bits per heavy atom. The van der Waals surface area contributed by atoms with E-state index in [-0.39, 0.29) is 24.8 Å². The molecule has 106 valence electrons. The molecule has 0 radical (unpaired) electrons. The number of hydrogen-bond donors (Lipinski definition) is 3. The summed E-state index contributed by atoms with van der Waals surface area (Å²) < 4.78 is 4.91. The smallest absolute Gasteiger partial charge is 0.287 e. The topological polar surface area (TPSA) is 91.6 Å². The van der Waals surface area contributed by atoms with Gasteiger partial charge in [-0.05, 0) is 25.0 Å². The van der Waals surface area contributed by atoms with E-state index in [9.17, 15) is 14.7 Å². The first-order chi connectivity index (χ1) is 9.06. The molecule has 3 N–H and O–H groups in total. The van der Waals surface area contributed by atoms with Gasteiger partial charge in [0.05, 0.1) is 25.0 Å². The summed E-state index contributed by atoms with van der Waals surface area (Å²) in [4.78, 5) is 23.3. The van der Waals surface area contributed by atoms with Crippen LogP contribution in [-0.4, -0.2) is 35.6 Å². The Kier molecular flexibility index (Phi) is 5.57. The van der Waals surface area contributed by atoms with Crippen LogP contribution in [-0.2, 0) is 4.79 Å². The third-order valence-electron chi connectivity index (χ3n) is 3.22. The van der Waals surface area contributed by atoms with Crippen molar-refractivity contribution in [3.8, 4) is 0 Å². The molecule has 0 saturated carbocycles. The zero-order chi connectivity index (χ0) is 14.3. The summed E-state index contributed by atoms with van der Waals surface area (Å²) in [6, 6.07) is 3.11. The van der Waals surface area contributed by atoms with Gasteiger partial charge >= 0.3 is 0 Å². The minimum absolute atomic E-state index is 0.127. The van der Waals surface area contributed by atoms with Gasteiger partial charge in [0.15, 0.2) is 5.76 Å². The summed E-state index contributed by atoms with van der Waals surface area (Å²) in [5.74, 6) is -0.618. The van der Waals surface area contributed by atoms with Crippen LogP contribution >= 0.6 is 0 Å². The van der Waals surface area contributed by atoms with Gasteiger partial charge in [0, 0.05) is 0 Å². The van der Waals surface area contributed by atoms with Gasteiger partial charge < -0.3 is 20.2 Å². The molecule has 0 spiro atoms. The molecule has 6 heteroatoms. The average molecular weight is 268 g/mol. The molecule has 1 rings (SSSR count). The van der Waals surface area contributed by atoms with Gasteiger partial charge in [-0.2, -0.15) is 0 Å². The van der Waals surface area contributed by atoms with Crippen molar-refractivity contribution in [1.82, 2.24) is 10.6 Å². The molecule has 0 aliphatic heterocycles. The van der Waals surface area contributed by atoms with Crippen molar-refractivity contribution in [3.63, 3.8) is 0 Å². The van der Waals surface area contributed by atoms with Crippen molar-refractivity contribution in [1.29, 1.82) is 0 Å². The number of nitrogens with one attached hydrogen (secondary N) is 2. The molecule has 0 fully saturated rings. The molecule has 0 aliphatic rings. The Balaban J connectivity index is 2.45. The number of rotatable bonds is 7. The van der Waals surface area contributed by atoms with E-state index in [1.165, 1.54) is 12.3 Å². The molecule has 1 aromatic heterocycles. The molecule has 1 heterocycles. The third kappa shape index (κ3) is 4.10. The van der Waals surface area contributed by atoms with E-state index in [0.29, 0.717) is 12.8 Å². The summed E-state index contributed by atoms with van der Waals surface area (Å²) >= 11 is 0. The zero-order valence-electron chi connectivity index (χ0n) is 11.2. The van der Waals surface area contributed by atoms with Crippen LogP contribution in [0.5, 0.6) is 0 Å². The molecule has 0 saturated heterocycles. The first-order valence-corrected chi connectivity index (χ1v) is 6.30. The second-order valence-electron chi connectivity index (χ2n) is 4.35. The van der Waals surface area contributed by atoms with E-state index < -0.39 is 11.4 Å². The highest BCUT2D eigenvalue weighted by molar-refractivity contribution is 5.94. The minimum Gasteiger partial charge on any atom is -0.459 e. The number of hydrogen-bond acceptors (Lipinski definition) is 4. The predicted molar refractivity (Wildman–Crippen MR) is 69.6 cm³/mol. The van der Waals surface area contributed by atoms with Crippen LogP contribution in [0.15, 0.2) is 22.8 Å². The standard InChI is InChI=1S/C13H20N2O4/c1-3-13(4-2,9-16)15-11(17)8-14-12(18)10-6-5-7-19-10/h5-7,16H,3-4,8-9H2,1-2H3,(H,14,18)(H,15,17). The van der Waals surface area contributed by atoms with E-state index in [1.54, 1.807) is 6.07 Å². The van der Waals surface area contributed by atoms with Crippen molar-refractivity contribution < 1.29 is 19.1 Å². The highest BCUT2D eigenvalue weighted by Gasteiger charge is 2.27. The fourth-order valence-corrected chi connectivity index (χ4v) is 1.69. The van der Waals surface area contributed by atoms with Gasteiger partial charge in [-0.15, -0.1) is 0 Å².